The summed E-state index contributed by atoms with van der Waals surface area (Å²) in [5.41, 5.74) is 0.521. The maximum Gasteiger partial charge on any atom is 0.329 e. The Morgan fingerprint density at radius 1 is 1.71 bits per heavy atom. The van der Waals surface area contributed by atoms with E-state index in [1.165, 1.54) is 18.5 Å². The second kappa shape index (κ2) is 4.36. The molecule has 0 N–H and O–H groups in total. The molecule has 0 fully saturated rings. The summed E-state index contributed by atoms with van der Waals surface area (Å²) in [4.78, 5) is 13.8. The highest BCUT2D eigenvalue weighted by Gasteiger charge is 2.17. The molecule has 14 heavy (non-hydrogen) atoms. The maximum absolute atomic E-state index is 10.6. The minimum Gasteiger partial charge on any atom is -0.482 e. The Bertz CT molecular complexity index is 363. The molecule has 1 rings (SSSR count). The molecule has 1 aromatic rings. The lowest BCUT2D eigenvalue weighted by Gasteiger charge is -2.05. The second-order valence-corrected chi connectivity index (χ2v) is 2.66. The Hall–Kier alpha value is -1.91. The summed E-state index contributed by atoms with van der Waals surface area (Å²) in [5, 5.41) is 10.6. The van der Waals surface area contributed by atoms with E-state index in [1.54, 1.807) is 6.92 Å². The van der Waals surface area contributed by atoms with Crippen LogP contribution in [0.5, 0.6) is 5.75 Å². The quantitative estimate of drug-likeness (QED) is 0.417. The van der Waals surface area contributed by atoms with Crippen molar-refractivity contribution in [1.29, 1.82) is 0 Å². The van der Waals surface area contributed by atoms with Crippen molar-refractivity contribution in [3.05, 3.63) is 40.7 Å². The molecule has 0 bridgehead atoms. The molecule has 0 aromatic carbocycles. The number of nitro groups is 1. The van der Waals surface area contributed by atoms with Gasteiger partial charge in [0.2, 0.25) is 5.75 Å². The van der Waals surface area contributed by atoms with Crippen molar-refractivity contribution < 1.29 is 9.66 Å². The van der Waals surface area contributed by atoms with Crippen LogP contribution in [0.25, 0.3) is 0 Å². The Labute approximate surface area is 81.2 Å². The van der Waals surface area contributed by atoms with Crippen molar-refractivity contribution in [2.24, 2.45) is 0 Å². The van der Waals surface area contributed by atoms with Crippen LogP contribution >= 0.6 is 0 Å². The summed E-state index contributed by atoms with van der Waals surface area (Å²) in [5.74, 6) is 0.255. The zero-order valence-corrected chi connectivity index (χ0v) is 7.77. The third-order valence-corrected chi connectivity index (χ3v) is 1.60. The van der Waals surface area contributed by atoms with Gasteiger partial charge in [-0.2, -0.15) is 0 Å². The van der Waals surface area contributed by atoms with Gasteiger partial charge >= 0.3 is 5.69 Å². The van der Waals surface area contributed by atoms with Gasteiger partial charge in [-0.15, -0.1) is 0 Å². The fraction of sp³-hybridized carbons (Fsp3) is 0.222. The SMILES string of the molecule is C=CCOc1c(C)cncc1[N+](=O)[O-]. The molecule has 5 heteroatoms. The first kappa shape index (κ1) is 10.2. The fourth-order valence-corrected chi connectivity index (χ4v) is 0.999. The molecule has 5 nitrogen and oxygen atoms in total. The number of rotatable bonds is 4. The summed E-state index contributed by atoms with van der Waals surface area (Å²) in [6.07, 6.45) is 4.22. The largest absolute Gasteiger partial charge is 0.482 e. The van der Waals surface area contributed by atoms with Crippen molar-refractivity contribution in [2.45, 2.75) is 6.92 Å². The van der Waals surface area contributed by atoms with Crippen LogP contribution in [-0.4, -0.2) is 16.5 Å². The average molecular weight is 194 g/mol. The number of aromatic nitrogens is 1. The van der Waals surface area contributed by atoms with Gasteiger partial charge in [-0.25, -0.2) is 0 Å². The Morgan fingerprint density at radius 2 is 2.43 bits per heavy atom. The number of hydrogen-bond donors (Lipinski definition) is 0. The monoisotopic (exact) mass is 194 g/mol. The number of aryl methyl sites for hydroxylation is 1. The Morgan fingerprint density at radius 3 is 3.00 bits per heavy atom. The van der Waals surface area contributed by atoms with Gasteiger partial charge in [0.15, 0.2) is 0 Å². The standard InChI is InChI=1S/C9H10N2O3/c1-3-4-14-9-7(2)5-10-6-8(9)11(12)13/h3,5-6H,1,4H2,2H3. The molecule has 0 aliphatic carbocycles. The number of pyridine rings is 1. The van der Waals surface area contributed by atoms with Gasteiger partial charge in [0, 0.05) is 11.8 Å². The van der Waals surface area contributed by atoms with Crippen LogP contribution in [0, 0.1) is 17.0 Å². The lowest BCUT2D eigenvalue weighted by atomic mass is 10.2. The first-order valence-electron chi connectivity index (χ1n) is 3.99. The summed E-state index contributed by atoms with van der Waals surface area (Å²) in [6.45, 7) is 5.42. The summed E-state index contributed by atoms with van der Waals surface area (Å²) in [7, 11) is 0. The Balaban J connectivity index is 3.08. The summed E-state index contributed by atoms with van der Waals surface area (Å²) >= 11 is 0. The molecule has 0 atom stereocenters. The lowest BCUT2D eigenvalue weighted by molar-refractivity contribution is -0.386. The van der Waals surface area contributed by atoms with E-state index in [0.717, 1.165) is 0 Å². The lowest BCUT2D eigenvalue weighted by Crippen LogP contribution is -2.00. The third kappa shape index (κ3) is 2.07. The minimum absolute atomic E-state index is 0.119. The zero-order chi connectivity index (χ0) is 10.6. The second-order valence-electron chi connectivity index (χ2n) is 2.66. The van der Waals surface area contributed by atoms with Crippen LogP contribution in [0.3, 0.4) is 0 Å². The molecular formula is C9H10N2O3. The van der Waals surface area contributed by atoms with Crippen LogP contribution in [0.1, 0.15) is 5.56 Å². The zero-order valence-electron chi connectivity index (χ0n) is 7.77. The van der Waals surface area contributed by atoms with Gasteiger partial charge in [0.1, 0.15) is 12.8 Å². The normalized spacial score (nSPS) is 9.50. The van der Waals surface area contributed by atoms with Gasteiger partial charge in [-0.3, -0.25) is 15.1 Å². The topological polar surface area (TPSA) is 65.3 Å². The van der Waals surface area contributed by atoms with E-state index in [0.29, 0.717) is 5.56 Å². The molecule has 0 radical (unpaired) electrons. The molecule has 0 spiro atoms. The predicted molar refractivity (Wildman–Crippen MR) is 51.3 cm³/mol. The first-order valence-corrected chi connectivity index (χ1v) is 3.99. The van der Waals surface area contributed by atoms with Crippen LogP contribution in [0.4, 0.5) is 5.69 Å². The smallest absolute Gasteiger partial charge is 0.329 e. The van der Waals surface area contributed by atoms with Crippen LogP contribution in [-0.2, 0) is 0 Å². The van der Waals surface area contributed by atoms with Crippen LogP contribution in [0.15, 0.2) is 25.0 Å². The van der Waals surface area contributed by atoms with E-state index in [-0.39, 0.29) is 18.0 Å². The van der Waals surface area contributed by atoms with E-state index in [2.05, 4.69) is 11.6 Å². The van der Waals surface area contributed by atoms with Gasteiger partial charge in [-0.1, -0.05) is 12.7 Å². The number of ether oxygens (including phenoxy) is 1. The minimum atomic E-state index is -0.515. The highest BCUT2D eigenvalue weighted by atomic mass is 16.6. The van der Waals surface area contributed by atoms with Crippen LogP contribution < -0.4 is 4.74 Å². The van der Waals surface area contributed by atoms with Gasteiger partial charge in [-0.05, 0) is 6.92 Å². The highest BCUT2D eigenvalue weighted by molar-refractivity contribution is 5.48. The van der Waals surface area contributed by atoms with Crippen molar-refractivity contribution in [1.82, 2.24) is 4.98 Å². The molecular weight excluding hydrogens is 184 g/mol. The van der Waals surface area contributed by atoms with E-state index >= 15 is 0 Å². The van der Waals surface area contributed by atoms with E-state index in [1.807, 2.05) is 0 Å². The van der Waals surface area contributed by atoms with E-state index < -0.39 is 4.92 Å². The van der Waals surface area contributed by atoms with Crippen molar-refractivity contribution in [2.75, 3.05) is 6.61 Å². The first-order chi connectivity index (χ1) is 6.66. The number of hydrogen-bond acceptors (Lipinski definition) is 4. The highest BCUT2D eigenvalue weighted by Crippen LogP contribution is 2.28. The molecule has 0 amide bonds. The average Bonchev–Trinajstić information content (AvgIpc) is 2.15. The molecule has 0 saturated carbocycles. The summed E-state index contributed by atoms with van der Waals surface area (Å²) in [6, 6.07) is 0. The van der Waals surface area contributed by atoms with Crippen molar-refractivity contribution in [3.63, 3.8) is 0 Å². The predicted octanol–water partition coefficient (Wildman–Crippen LogP) is 1.86. The molecule has 1 aromatic heterocycles. The van der Waals surface area contributed by atoms with E-state index in [4.69, 9.17) is 4.74 Å². The van der Waals surface area contributed by atoms with Crippen molar-refractivity contribution in [3.8, 4) is 5.75 Å². The maximum atomic E-state index is 10.6. The number of nitrogens with zero attached hydrogens (tertiary/aromatic N) is 2. The van der Waals surface area contributed by atoms with E-state index in [9.17, 15) is 10.1 Å². The van der Waals surface area contributed by atoms with Gasteiger partial charge in [0.05, 0.1) is 4.92 Å². The van der Waals surface area contributed by atoms with Gasteiger partial charge in [0.25, 0.3) is 0 Å². The molecule has 74 valence electrons. The molecule has 1 heterocycles. The third-order valence-electron chi connectivity index (χ3n) is 1.60. The molecule has 0 aliphatic heterocycles. The Kier molecular flexibility index (Phi) is 3.17. The van der Waals surface area contributed by atoms with Crippen molar-refractivity contribution >= 4 is 5.69 Å². The summed E-state index contributed by atoms with van der Waals surface area (Å²) < 4.78 is 5.18. The fourth-order valence-electron chi connectivity index (χ4n) is 0.999. The molecule has 0 unspecified atom stereocenters. The molecule has 0 aliphatic rings. The molecule has 0 saturated heterocycles. The van der Waals surface area contributed by atoms with Crippen LogP contribution in [0.2, 0.25) is 0 Å². The van der Waals surface area contributed by atoms with Gasteiger partial charge < -0.3 is 4.74 Å².